The van der Waals surface area contributed by atoms with Crippen LogP contribution in [0.2, 0.25) is 0 Å². The van der Waals surface area contributed by atoms with Crippen molar-refractivity contribution in [3.63, 3.8) is 0 Å². The van der Waals surface area contributed by atoms with Crippen molar-refractivity contribution in [3.8, 4) is 0 Å². The third-order valence-corrected chi connectivity index (χ3v) is 7.14. The van der Waals surface area contributed by atoms with Crippen LogP contribution in [-0.2, 0) is 9.47 Å². The highest BCUT2D eigenvalue weighted by molar-refractivity contribution is 5.35. The highest BCUT2D eigenvalue weighted by Gasteiger charge is 2.29. The first kappa shape index (κ1) is 23.0. The number of hydrogen-bond acceptors (Lipinski definition) is 2. The van der Waals surface area contributed by atoms with Gasteiger partial charge >= 0.3 is 0 Å². The third kappa shape index (κ3) is 4.98. The van der Waals surface area contributed by atoms with Gasteiger partial charge in [-0.05, 0) is 71.6 Å². The van der Waals surface area contributed by atoms with E-state index in [0.29, 0.717) is 24.0 Å². The summed E-state index contributed by atoms with van der Waals surface area (Å²) in [6.45, 7) is 9.26. The van der Waals surface area contributed by atoms with E-state index < -0.39 is 0 Å². The number of rotatable bonds is 4. The van der Waals surface area contributed by atoms with Crippen LogP contribution < -0.4 is 0 Å². The van der Waals surface area contributed by atoms with Gasteiger partial charge in [-0.2, -0.15) is 0 Å². The molecule has 30 heavy (non-hydrogen) atoms. The molecule has 2 nitrogen and oxygen atoms in total. The second kappa shape index (κ2) is 10.6. The molecule has 0 amide bonds. The summed E-state index contributed by atoms with van der Waals surface area (Å²) < 4.78 is 11.1. The van der Waals surface area contributed by atoms with Crippen molar-refractivity contribution in [1.29, 1.82) is 0 Å². The van der Waals surface area contributed by atoms with Gasteiger partial charge in [0.05, 0.1) is 12.2 Å². The minimum atomic E-state index is 0.316. The lowest BCUT2D eigenvalue weighted by Gasteiger charge is -2.33. The predicted molar refractivity (Wildman–Crippen MR) is 126 cm³/mol. The molecule has 0 fully saturated rings. The number of hydrogen-bond donors (Lipinski definition) is 0. The number of ether oxygens (including phenoxy) is 2. The largest absolute Gasteiger partial charge is 0.377 e. The lowest BCUT2D eigenvalue weighted by atomic mass is 9.76. The molecule has 2 aromatic carbocycles. The lowest BCUT2D eigenvalue weighted by Crippen LogP contribution is -2.19. The van der Waals surface area contributed by atoms with Crippen LogP contribution in [0.15, 0.2) is 48.5 Å². The van der Waals surface area contributed by atoms with E-state index in [-0.39, 0.29) is 0 Å². The fraction of sp³-hybridized carbons (Fsp3) is 0.571. The number of methoxy groups -OCH3 is 2. The molecule has 2 aromatic rings. The maximum Gasteiger partial charge on any atom is 0.0824 e. The van der Waals surface area contributed by atoms with Crippen LogP contribution in [0.1, 0.15) is 99.7 Å². The quantitative estimate of drug-likeness (QED) is 0.513. The van der Waals surface area contributed by atoms with Crippen molar-refractivity contribution in [2.45, 2.75) is 77.4 Å². The normalized spacial score (nSPS) is 25.3. The second-order valence-corrected chi connectivity index (χ2v) is 9.56. The average Bonchev–Trinajstić information content (AvgIpc) is 2.77. The Morgan fingerprint density at radius 1 is 0.567 bits per heavy atom. The summed E-state index contributed by atoms with van der Waals surface area (Å²) in [7, 11) is 3.63. The summed E-state index contributed by atoms with van der Waals surface area (Å²) in [5, 5.41) is 0. The molecular formula is C28H40O2. The van der Waals surface area contributed by atoms with E-state index in [1.54, 1.807) is 0 Å². The van der Waals surface area contributed by atoms with Crippen molar-refractivity contribution >= 4 is 0 Å². The van der Waals surface area contributed by atoms with Gasteiger partial charge in [0.15, 0.2) is 0 Å². The van der Waals surface area contributed by atoms with E-state index in [2.05, 4.69) is 76.2 Å². The maximum absolute atomic E-state index is 5.55. The molecule has 4 rings (SSSR count). The molecule has 164 valence electrons. The molecule has 0 unspecified atom stereocenters. The van der Waals surface area contributed by atoms with Crippen LogP contribution in [0.5, 0.6) is 0 Å². The molecule has 4 atom stereocenters. The Labute approximate surface area is 184 Å². The zero-order valence-corrected chi connectivity index (χ0v) is 19.7. The Morgan fingerprint density at radius 2 is 0.900 bits per heavy atom. The van der Waals surface area contributed by atoms with Gasteiger partial charge < -0.3 is 9.47 Å². The minimum absolute atomic E-state index is 0.316. The zero-order chi connectivity index (χ0) is 21.7. The SMILES string of the molecule is CO[C@@H]1CC[C@@H](C(C)C)c2ccccc21.CO[C@H]1CC[C@H](C(C)C)c2ccccc21. The van der Waals surface area contributed by atoms with Crippen LogP contribution >= 0.6 is 0 Å². The van der Waals surface area contributed by atoms with Crippen molar-refractivity contribution in [1.82, 2.24) is 0 Å². The summed E-state index contributed by atoms with van der Waals surface area (Å²) in [6.07, 6.45) is 5.47. The summed E-state index contributed by atoms with van der Waals surface area (Å²) in [5.74, 6) is 2.88. The topological polar surface area (TPSA) is 18.5 Å². The summed E-state index contributed by atoms with van der Waals surface area (Å²) in [6, 6.07) is 17.5. The van der Waals surface area contributed by atoms with Gasteiger partial charge in [0.1, 0.15) is 0 Å². The van der Waals surface area contributed by atoms with Crippen LogP contribution in [-0.4, -0.2) is 14.2 Å². The van der Waals surface area contributed by atoms with Gasteiger partial charge in [-0.1, -0.05) is 76.2 Å². The van der Waals surface area contributed by atoms with E-state index in [1.165, 1.54) is 35.1 Å². The smallest absolute Gasteiger partial charge is 0.0824 e. The van der Waals surface area contributed by atoms with Crippen LogP contribution in [0.4, 0.5) is 0 Å². The molecular weight excluding hydrogens is 368 g/mol. The Kier molecular flexibility index (Phi) is 8.13. The summed E-state index contributed by atoms with van der Waals surface area (Å²) in [4.78, 5) is 0. The molecule has 0 bridgehead atoms. The van der Waals surface area contributed by atoms with Crippen LogP contribution in [0.3, 0.4) is 0 Å². The van der Waals surface area contributed by atoms with Gasteiger partial charge in [-0.25, -0.2) is 0 Å². The molecule has 0 heterocycles. The Hall–Kier alpha value is -1.64. The molecule has 0 N–H and O–H groups in total. The van der Waals surface area contributed by atoms with Gasteiger partial charge in [0.2, 0.25) is 0 Å². The highest BCUT2D eigenvalue weighted by Crippen LogP contribution is 2.43. The van der Waals surface area contributed by atoms with Gasteiger partial charge in [-0.3, -0.25) is 0 Å². The first-order valence-electron chi connectivity index (χ1n) is 11.7. The Bertz CT molecular complexity index is 727. The van der Waals surface area contributed by atoms with E-state index in [9.17, 15) is 0 Å². The molecule has 0 aliphatic heterocycles. The molecule has 2 aliphatic carbocycles. The van der Waals surface area contributed by atoms with Crippen molar-refractivity contribution in [3.05, 3.63) is 70.8 Å². The standard InChI is InChI=1S/2C14H20O/c2*1-10(2)11-8-9-14(15-3)13-7-5-4-6-12(11)13/h2*4-7,10-11,14H,8-9H2,1-3H3/t2*11-,14+/m10/s1. The van der Waals surface area contributed by atoms with Crippen LogP contribution in [0, 0.1) is 11.8 Å². The third-order valence-electron chi connectivity index (χ3n) is 7.14. The fourth-order valence-corrected chi connectivity index (χ4v) is 5.44. The van der Waals surface area contributed by atoms with Gasteiger partial charge in [0, 0.05) is 14.2 Å². The average molecular weight is 409 g/mol. The molecule has 2 aliphatic rings. The molecule has 0 spiro atoms. The van der Waals surface area contributed by atoms with Gasteiger partial charge in [-0.15, -0.1) is 0 Å². The lowest BCUT2D eigenvalue weighted by molar-refractivity contribution is 0.0814. The molecule has 0 radical (unpaired) electrons. The number of fused-ring (bicyclic) bond motifs is 2. The first-order chi connectivity index (χ1) is 14.5. The monoisotopic (exact) mass is 408 g/mol. The first-order valence-corrected chi connectivity index (χ1v) is 11.7. The second-order valence-electron chi connectivity index (χ2n) is 9.56. The van der Waals surface area contributed by atoms with Crippen LogP contribution in [0.25, 0.3) is 0 Å². The molecule has 0 aromatic heterocycles. The predicted octanol–water partition coefficient (Wildman–Crippen LogP) is 7.82. The summed E-state index contributed by atoms with van der Waals surface area (Å²) >= 11 is 0. The van der Waals surface area contributed by atoms with Crippen molar-refractivity contribution < 1.29 is 9.47 Å². The van der Waals surface area contributed by atoms with Crippen molar-refractivity contribution in [2.75, 3.05) is 14.2 Å². The highest BCUT2D eigenvalue weighted by atomic mass is 16.5. The fourth-order valence-electron chi connectivity index (χ4n) is 5.44. The maximum atomic E-state index is 5.55. The molecule has 2 heteroatoms. The molecule has 0 saturated heterocycles. The van der Waals surface area contributed by atoms with E-state index in [1.807, 2.05) is 14.2 Å². The minimum Gasteiger partial charge on any atom is -0.377 e. The number of benzene rings is 2. The Morgan fingerprint density at radius 3 is 1.20 bits per heavy atom. The van der Waals surface area contributed by atoms with Crippen molar-refractivity contribution in [2.24, 2.45) is 11.8 Å². The van der Waals surface area contributed by atoms with E-state index in [4.69, 9.17) is 9.47 Å². The molecule has 0 saturated carbocycles. The summed E-state index contributed by atoms with van der Waals surface area (Å²) in [5.41, 5.74) is 5.83. The van der Waals surface area contributed by atoms with Gasteiger partial charge in [0.25, 0.3) is 0 Å². The Balaban J connectivity index is 0.000000171. The zero-order valence-electron chi connectivity index (χ0n) is 19.7. The van der Waals surface area contributed by atoms with E-state index >= 15 is 0 Å². The van der Waals surface area contributed by atoms with E-state index in [0.717, 1.165) is 24.7 Å².